The number of nitrogen functional groups attached to an aromatic ring is 1. The van der Waals surface area contributed by atoms with Crippen molar-refractivity contribution in [2.45, 2.75) is 0 Å². The van der Waals surface area contributed by atoms with Gasteiger partial charge in [-0.3, -0.25) is 4.57 Å². The van der Waals surface area contributed by atoms with Gasteiger partial charge in [0, 0.05) is 10.5 Å². The Morgan fingerprint density at radius 3 is 2.74 bits per heavy atom. The zero-order valence-corrected chi connectivity index (χ0v) is 11.9. The molecule has 96 valence electrons. The van der Waals surface area contributed by atoms with E-state index in [0.29, 0.717) is 5.95 Å². The van der Waals surface area contributed by atoms with E-state index in [1.807, 2.05) is 47.0 Å². The molecule has 0 radical (unpaired) electrons. The standard InChI is InChI=1S/C14H12BrN3O/c1-19-9-6-7-11-13(8-9)18(14(16)17-11)12-5-3-2-4-10(12)15/h2-8H,1H3,(H2,16,17). The molecule has 19 heavy (non-hydrogen) atoms. The predicted octanol–water partition coefficient (Wildman–Crippen LogP) is 3.38. The summed E-state index contributed by atoms with van der Waals surface area (Å²) in [4.78, 5) is 4.37. The fraction of sp³-hybridized carbons (Fsp3) is 0.0714. The molecule has 1 heterocycles. The number of para-hydroxylation sites is 1. The minimum atomic E-state index is 0.454. The highest BCUT2D eigenvalue weighted by molar-refractivity contribution is 9.10. The summed E-state index contributed by atoms with van der Waals surface area (Å²) in [5, 5.41) is 0. The van der Waals surface area contributed by atoms with Crippen LogP contribution in [-0.4, -0.2) is 16.7 Å². The molecule has 2 aromatic carbocycles. The average Bonchev–Trinajstić information content (AvgIpc) is 2.74. The average molecular weight is 318 g/mol. The molecular formula is C14H12BrN3O. The maximum absolute atomic E-state index is 6.04. The first-order valence-electron chi connectivity index (χ1n) is 5.77. The number of imidazole rings is 1. The molecule has 0 aliphatic rings. The van der Waals surface area contributed by atoms with Crippen molar-refractivity contribution in [1.82, 2.24) is 9.55 Å². The summed E-state index contributed by atoms with van der Waals surface area (Å²) in [7, 11) is 1.64. The third-order valence-corrected chi connectivity index (χ3v) is 3.65. The number of ether oxygens (including phenoxy) is 1. The fourth-order valence-electron chi connectivity index (χ4n) is 2.09. The van der Waals surface area contributed by atoms with Crippen LogP contribution in [0.2, 0.25) is 0 Å². The molecule has 0 aliphatic heterocycles. The van der Waals surface area contributed by atoms with Gasteiger partial charge in [0.05, 0.1) is 23.8 Å². The Morgan fingerprint density at radius 2 is 2.00 bits per heavy atom. The summed E-state index contributed by atoms with van der Waals surface area (Å²) in [5.41, 5.74) is 8.75. The number of benzene rings is 2. The Bertz CT molecular complexity index is 752. The molecule has 0 saturated carbocycles. The number of nitrogens with zero attached hydrogens (tertiary/aromatic N) is 2. The van der Waals surface area contributed by atoms with Crippen LogP contribution in [0.1, 0.15) is 0 Å². The van der Waals surface area contributed by atoms with Crippen molar-refractivity contribution >= 4 is 32.9 Å². The Labute approximate surface area is 118 Å². The van der Waals surface area contributed by atoms with Crippen molar-refractivity contribution in [2.24, 2.45) is 0 Å². The molecule has 0 bridgehead atoms. The first kappa shape index (κ1) is 12.0. The van der Waals surface area contributed by atoms with Gasteiger partial charge in [0.25, 0.3) is 0 Å². The first-order chi connectivity index (χ1) is 9.20. The lowest BCUT2D eigenvalue weighted by Gasteiger charge is -2.09. The SMILES string of the molecule is COc1ccc2nc(N)n(-c3ccccc3Br)c2c1. The Morgan fingerprint density at radius 1 is 1.21 bits per heavy atom. The smallest absolute Gasteiger partial charge is 0.205 e. The maximum atomic E-state index is 6.04. The van der Waals surface area contributed by atoms with Crippen LogP contribution in [0.25, 0.3) is 16.7 Å². The van der Waals surface area contributed by atoms with Crippen molar-refractivity contribution in [3.05, 3.63) is 46.9 Å². The number of hydrogen-bond acceptors (Lipinski definition) is 3. The molecule has 0 spiro atoms. The van der Waals surface area contributed by atoms with E-state index in [-0.39, 0.29) is 0 Å². The number of halogens is 1. The van der Waals surface area contributed by atoms with E-state index in [1.165, 1.54) is 0 Å². The molecule has 0 saturated heterocycles. The van der Waals surface area contributed by atoms with Gasteiger partial charge in [-0.05, 0) is 40.2 Å². The van der Waals surface area contributed by atoms with Gasteiger partial charge in [-0.2, -0.15) is 0 Å². The molecule has 0 atom stereocenters. The fourth-order valence-corrected chi connectivity index (χ4v) is 2.55. The third-order valence-electron chi connectivity index (χ3n) is 2.98. The second-order valence-electron chi connectivity index (χ2n) is 4.11. The van der Waals surface area contributed by atoms with E-state index in [1.54, 1.807) is 7.11 Å². The number of fused-ring (bicyclic) bond motifs is 1. The number of anilines is 1. The van der Waals surface area contributed by atoms with Gasteiger partial charge in [0.2, 0.25) is 5.95 Å². The lowest BCUT2D eigenvalue weighted by molar-refractivity contribution is 0.415. The van der Waals surface area contributed by atoms with Gasteiger partial charge in [-0.15, -0.1) is 0 Å². The van der Waals surface area contributed by atoms with Crippen LogP contribution in [0.15, 0.2) is 46.9 Å². The van der Waals surface area contributed by atoms with Crippen molar-refractivity contribution in [2.75, 3.05) is 12.8 Å². The van der Waals surface area contributed by atoms with Gasteiger partial charge >= 0.3 is 0 Å². The maximum Gasteiger partial charge on any atom is 0.205 e. The van der Waals surface area contributed by atoms with E-state index >= 15 is 0 Å². The molecule has 0 unspecified atom stereocenters. The molecule has 3 aromatic rings. The lowest BCUT2D eigenvalue weighted by atomic mass is 10.2. The van der Waals surface area contributed by atoms with Gasteiger partial charge in [-0.25, -0.2) is 4.98 Å². The summed E-state index contributed by atoms with van der Waals surface area (Å²) in [6.07, 6.45) is 0. The van der Waals surface area contributed by atoms with Crippen LogP contribution < -0.4 is 10.5 Å². The molecule has 0 aliphatic carbocycles. The highest BCUT2D eigenvalue weighted by Crippen LogP contribution is 2.29. The van der Waals surface area contributed by atoms with Crippen LogP contribution in [-0.2, 0) is 0 Å². The molecular weight excluding hydrogens is 306 g/mol. The minimum absolute atomic E-state index is 0.454. The van der Waals surface area contributed by atoms with Crippen molar-refractivity contribution in [3.63, 3.8) is 0 Å². The lowest BCUT2D eigenvalue weighted by Crippen LogP contribution is -2.01. The van der Waals surface area contributed by atoms with Gasteiger partial charge in [-0.1, -0.05) is 12.1 Å². The number of aromatic nitrogens is 2. The quantitative estimate of drug-likeness (QED) is 0.788. The van der Waals surface area contributed by atoms with Crippen molar-refractivity contribution in [3.8, 4) is 11.4 Å². The molecule has 1 aromatic heterocycles. The molecule has 0 fully saturated rings. The molecule has 0 amide bonds. The van der Waals surface area contributed by atoms with E-state index in [4.69, 9.17) is 10.5 Å². The van der Waals surface area contributed by atoms with Crippen LogP contribution in [0.5, 0.6) is 5.75 Å². The highest BCUT2D eigenvalue weighted by Gasteiger charge is 2.12. The number of rotatable bonds is 2. The van der Waals surface area contributed by atoms with Crippen molar-refractivity contribution in [1.29, 1.82) is 0 Å². The molecule has 3 rings (SSSR count). The van der Waals surface area contributed by atoms with Gasteiger partial charge in [0.1, 0.15) is 5.75 Å². The normalized spacial score (nSPS) is 10.8. The first-order valence-corrected chi connectivity index (χ1v) is 6.57. The third kappa shape index (κ3) is 1.96. The zero-order valence-electron chi connectivity index (χ0n) is 10.3. The summed E-state index contributed by atoms with van der Waals surface area (Å²) < 4.78 is 8.13. The summed E-state index contributed by atoms with van der Waals surface area (Å²) in [6, 6.07) is 13.6. The second kappa shape index (κ2) is 4.59. The second-order valence-corrected chi connectivity index (χ2v) is 4.97. The monoisotopic (exact) mass is 317 g/mol. The van der Waals surface area contributed by atoms with Crippen LogP contribution in [0.3, 0.4) is 0 Å². The van der Waals surface area contributed by atoms with E-state index in [2.05, 4.69) is 20.9 Å². The minimum Gasteiger partial charge on any atom is -0.497 e. The zero-order chi connectivity index (χ0) is 13.4. The Kier molecular flexibility index (Phi) is 2.91. The number of methoxy groups -OCH3 is 1. The largest absolute Gasteiger partial charge is 0.497 e. The number of nitrogens with two attached hydrogens (primary N) is 1. The Balaban J connectivity index is 2.34. The predicted molar refractivity (Wildman–Crippen MR) is 79.7 cm³/mol. The summed E-state index contributed by atoms with van der Waals surface area (Å²) >= 11 is 3.54. The topological polar surface area (TPSA) is 53.1 Å². The summed E-state index contributed by atoms with van der Waals surface area (Å²) in [6.45, 7) is 0. The molecule has 4 nitrogen and oxygen atoms in total. The van der Waals surface area contributed by atoms with E-state index < -0.39 is 0 Å². The number of hydrogen-bond donors (Lipinski definition) is 1. The highest BCUT2D eigenvalue weighted by atomic mass is 79.9. The van der Waals surface area contributed by atoms with E-state index in [9.17, 15) is 0 Å². The molecule has 2 N–H and O–H groups in total. The van der Waals surface area contributed by atoms with Crippen LogP contribution >= 0.6 is 15.9 Å². The van der Waals surface area contributed by atoms with Gasteiger partial charge < -0.3 is 10.5 Å². The molecule has 5 heteroatoms. The Hall–Kier alpha value is -2.01. The van der Waals surface area contributed by atoms with E-state index in [0.717, 1.165) is 26.9 Å². The van der Waals surface area contributed by atoms with Crippen LogP contribution in [0.4, 0.5) is 5.95 Å². The van der Waals surface area contributed by atoms with Gasteiger partial charge in [0.15, 0.2) is 0 Å². The summed E-state index contributed by atoms with van der Waals surface area (Å²) in [5.74, 6) is 1.23. The van der Waals surface area contributed by atoms with Crippen LogP contribution in [0, 0.1) is 0 Å². The van der Waals surface area contributed by atoms with Crippen molar-refractivity contribution < 1.29 is 4.74 Å².